The first-order chi connectivity index (χ1) is 6.00. The van der Waals surface area contributed by atoms with Gasteiger partial charge in [0.05, 0.1) is 0 Å². The van der Waals surface area contributed by atoms with Crippen LogP contribution in [0.1, 0.15) is 27.7 Å². The van der Waals surface area contributed by atoms with E-state index in [4.69, 9.17) is 8.12 Å². The molecular weight excluding hydrogens is 188 g/mol. The van der Waals surface area contributed by atoms with Crippen molar-refractivity contribution in [3.05, 3.63) is 27.7 Å². The molecule has 0 N–H and O–H groups in total. The van der Waals surface area contributed by atoms with Gasteiger partial charge in [-0.3, -0.25) is 0 Å². The van der Waals surface area contributed by atoms with Crippen LogP contribution in [0.5, 0.6) is 0 Å². The first-order valence-electron chi connectivity index (χ1n) is 3.32. The number of hydrogen-bond acceptors (Lipinski definition) is 2. The zero-order valence-corrected chi connectivity index (χ0v) is 10.4. The van der Waals surface area contributed by atoms with Crippen LogP contribution in [0.25, 0.3) is 0 Å². The molecular formula is C9H22O2Ti-4. The molecule has 0 radical (unpaired) electrons. The second-order valence-corrected chi connectivity index (χ2v) is 0. The average molecular weight is 210 g/mol. The zero-order chi connectivity index (χ0) is 12.0. The summed E-state index contributed by atoms with van der Waals surface area (Å²) in [6.07, 6.45) is 0. The summed E-state index contributed by atoms with van der Waals surface area (Å²) in [5, 5.41) is 0. The Morgan fingerprint density at radius 3 is 0.667 bits per heavy atom. The van der Waals surface area contributed by atoms with Gasteiger partial charge in [0, 0.05) is 0 Å². The molecule has 0 aliphatic rings. The van der Waals surface area contributed by atoms with Crippen LogP contribution in [0.4, 0.5) is 0 Å². The first kappa shape index (κ1) is 39.9. The Labute approximate surface area is 90.9 Å². The van der Waals surface area contributed by atoms with E-state index in [1.165, 1.54) is 0 Å². The third kappa shape index (κ3) is 25300. The standard InChI is InChI=1S/4C2H5.CH2O.O.Ti/c5*1-2;;/h4*1H2,2H3;1H2;;/q4*-1;;;. The fourth-order valence-corrected chi connectivity index (χ4v) is 0. The maximum atomic E-state index is 8.25. The van der Waals surface area contributed by atoms with E-state index >= 15 is 0 Å². The molecule has 0 rings (SSSR count). The molecule has 0 bridgehead atoms. The topological polar surface area (TPSA) is 34.1 Å². The summed E-state index contributed by atoms with van der Waals surface area (Å²) in [6, 6.07) is 0. The summed E-state index contributed by atoms with van der Waals surface area (Å²) in [5.74, 6) is 0. The Morgan fingerprint density at radius 1 is 0.667 bits per heavy atom. The molecule has 0 unspecified atom stereocenters. The van der Waals surface area contributed by atoms with Gasteiger partial charge in [0.1, 0.15) is 6.79 Å². The molecule has 78 valence electrons. The van der Waals surface area contributed by atoms with E-state index in [0.717, 1.165) is 20.4 Å². The summed E-state index contributed by atoms with van der Waals surface area (Å²) in [7, 11) is 0. The minimum atomic E-state index is 0.750. The molecule has 2 nitrogen and oxygen atoms in total. The molecule has 0 atom stereocenters. The van der Waals surface area contributed by atoms with Crippen molar-refractivity contribution >= 4 is 6.79 Å². The summed E-state index contributed by atoms with van der Waals surface area (Å²) in [4.78, 5) is 8.00. The molecule has 0 saturated carbocycles. The van der Waals surface area contributed by atoms with Crippen LogP contribution < -0.4 is 0 Å². The van der Waals surface area contributed by atoms with Crippen molar-refractivity contribution in [3.63, 3.8) is 0 Å². The van der Waals surface area contributed by atoms with Gasteiger partial charge in [-0.1, -0.05) is 0 Å². The fourth-order valence-electron chi connectivity index (χ4n) is 0. The van der Waals surface area contributed by atoms with Gasteiger partial charge in [-0.05, 0) is 0 Å². The van der Waals surface area contributed by atoms with Crippen molar-refractivity contribution in [1.82, 2.24) is 0 Å². The van der Waals surface area contributed by atoms with E-state index in [1.807, 2.05) is 6.79 Å². The van der Waals surface area contributed by atoms with Crippen molar-refractivity contribution in [3.8, 4) is 0 Å². The molecule has 0 spiro atoms. The van der Waals surface area contributed by atoms with E-state index in [-0.39, 0.29) is 0 Å². The van der Waals surface area contributed by atoms with Gasteiger partial charge in [0.15, 0.2) is 0 Å². The van der Waals surface area contributed by atoms with Crippen LogP contribution in [0.2, 0.25) is 0 Å². The van der Waals surface area contributed by atoms with Gasteiger partial charge in [-0.15, -0.1) is 0 Å². The molecule has 0 fully saturated rings. The Bertz CT molecular complexity index is 14.5. The van der Waals surface area contributed by atoms with Crippen LogP contribution in [0, 0.1) is 27.7 Å². The molecule has 0 aromatic rings. The average Bonchev–Trinajstić information content (AvgIpc) is 2.33. The number of carbonyl (C=O) groups excluding carboxylic acids is 1. The molecule has 0 aromatic heterocycles. The molecule has 0 amide bonds. The third-order valence-electron chi connectivity index (χ3n) is 0. The van der Waals surface area contributed by atoms with E-state index < -0.39 is 0 Å². The quantitative estimate of drug-likeness (QED) is 0.454. The summed E-state index contributed by atoms with van der Waals surface area (Å²) in [5.41, 5.74) is 0. The van der Waals surface area contributed by atoms with E-state index in [2.05, 4.69) is 27.7 Å². The predicted octanol–water partition coefficient (Wildman–Crippen LogP) is 3.06. The van der Waals surface area contributed by atoms with Gasteiger partial charge >= 0.3 is 23.7 Å². The normalized spacial score (nSPS) is 2.58. The monoisotopic (exact) mass is 210 g/mol. The SMILES string of the molecule is C=O.[CH2-]C.[CH2-]C.[CH2-]C.[CH2-]C.[O]=[Ti]. The van der Waals surface area contributed by atoms with Crippen molar-refractivity contribution < 1.29 is 28.5 Å². The molecule has 12 heavy (non-hydrogen) atoms. The second kappa shape index (κ2) is 34200. The van der Waals surface area contributed by atoms with Gasteiger partial charge in [-0.25, -0.2) is 0 Å². The zero-order valence-electron chi connectivity index (χ0n) is 8.85. The minimum absolute atomic E-state index is 0.750. The van der Waals surface area contributed by atoms with Crippen molar-refractivity contribution in [2.45, 2.75) is 27.7 Å². The van der Waals surface area contributed by atoms with E-state index in [1.54, 1.807) is 27.7 Å². The van der Waals surface area contributed by atoms with E-state index in [9.17, 15) is 0 Å². The number of carbonyl (C=O) groups is 1. The van der Waals surface area contributed by atoms with Crippen molar-refractivity contribution in [2.24, 2.45) is 0 Å². The molecule has 0 aliphatic heterocycles. The van der Waals surface area contributed by atoms with Crippen LogP contribution >= 0.6 is 0 Å². The fraction of sp³-hybridized carbons (Fsp3) is 0.444. The van der Waals surface area contributed by atoms with Crippen LogP contribution in [-0.4, -0.2) is 6.79 Å². The van der Waals surface area contributed by atoms with Gasteiger partial charge < -0.3 is 32.5 Å². The van der Waals surface area contributed by atoms with Gasteiger partial charge in [0.25, 0.3) is 0 Å². The summed E-state index contributed by atoms with van der Waals surface area (Å²) < 4.78 is 8.25. The van der Waals surface area contributed by atoms with E-state index in [0.29, 0.717) is 0 Å². The Balaban J connectivity index is -0.00000000900. The van der Waals surface area contributed by atoms with Gasteiger partial charge in [-0.2, -0.15) is 27.7 Å². The number of rotatable bonds is 0. The Morgan fingerprint density at radius 2 is 0.667 bits per heavy atom. The predicted molar refractivity (Wildman–Crippen MR) is 51.9 cm³/mol. The second-order valence-electron chi connectivity index (χ2n) is 0. The van der Waals surface area contributed by atoms with Gasteiger partial charge in [0.2, 0.25) is 0 Å². The Kier molecular flexibility index (Phi) is 113000. The Hall–Kier alpha value is 0.184. The summed E-state index contributed by atoms with van der Waals surface area (Å²) in [6.45, 7) is 22.0. The molecule has 0 aliphatic carbocycles. The third-order valence-corrected chi connectivity index (χ3v) is 0. The van der Waals surface area contributed by atoms with Crippen molar-refractivity contribution in [1.29, 1.82) is 0 Å². The molecule has 0 saturated heterocycles. The molecule has 3 heteroatoms. The first-order valence-corrected chi connectivity index (χ1v) is 3.96. The van der Waals surface area contributed by atoms with Crippen LogP contribution in [-0.2, 0) is 28.5 Å². The molecule has 0 aromatic carbocycles. The summed E-state index contributed by atoms with van der Waals surface area (Å²) >= 11 is 0.750. The van der Waals surface area contributed by atoms with Crippen LogP contribution in [0.3, 0.4) is 0 Å². The maximum absolute atomic E-state index is 8.25. The van der Waals surface area contributed by atoms with Crippen LogP contribution in [0.15, 0.2) is 0 Å². The number of hydrogen-bond donors (Lipinski definition) is 0. The van der Waals surface area contributed by atoms with Crippen molar-refractivity contribution in [2.75, 3.05) is 0 Å². The molecule has 0 heterocycles.